The first kappa shape index (κ1) is 18.8. The summed E-state index contributed by atoms with van der Waals surface area (Å²) < 4.78 is 0. The van der Waals surface area contributed by atoms with Crippen LogP contribution in [0.4, 0.5) is 0 Å². The molecule has 25 heavy (non-hydrogen) atoms. The molecule has 1 aromatic carbocycles. The van der Waals surface area contributed by atoms with Crippen LogP contribution in [-0.4, -0.2) is 27.2 Å². The molecule has 0 aliphatic rings. The fourth-order valence-electron chi connectivity index (χ4n) is 2.06. The highest BCUT2D eigenvalue weighted by atomic mass is 35.5. The standard InChI is InChI=1S/C15H14Cl2N4O4/c1-7-9(14(24)20-15(25)19-7)2-3-12(22)21-18-6-8-4-10(16)13(23)11(17)5-8/h4-6,23H,2-3H2,1H3,(H,21,22)(H2,19,20,24,25)/b18-6+. The van der Waals surface area contributed by atoms with Gasteiger partial charge >= 0.3 is 5.69 Å². The Morgan fingerprint density at radius 2 is 1.92 bits per heavy atom. The molecule has 0 saturated carbocycles. The Morgan fingerprint density at radius 1 is 1.28 bits per heavy atom. The molecule has 0 fully saturated rings. The quantitative estimate of drug-likeness (QED) is 0.459. The number of nitrogens with one attached hydrogen (secondary N) is 3. The Balaban J connectivity index is 1.95. The van der Waals surface area contributed by atoms with Gasteiger partial charge in [0.1, 0.15) is 0 Å². The highest BCUT2D eigenvalue weighted by Gasteiger charge is 2.09. The van der Waals surface area contributed by atoms with E-state index in [-0.39, 0.29) is 28.6 Å². The van der Waals surface area contributed by atoms with E-state index in [2.05, 4.69) is 20.5 Å². The van der Waals surface area contributed by atoms with Gasteiger partial charge < -0.3 is 10.1 Å². The predicted molar refractivity (Wildman–Crippen MR) is 94.6 cm³/mol. The van der Waals surface area contributed by atoms with E-state index in [0.29, 0.717) is 16.8 Å². The molecular weight excluding hydrogens is 371 g/mol. The number of nitrogens with zero attached hydrogens (tertiary/aromatic N) is 1. The average Bonchev–Trinajstić information content (AvgIpc) is 2.51. The van der Waals surface area contributed by atoms with Crippen molar-refractivity contribution in [2.75, 3.05) is 0 Å². The van der Waals surface area contributed by atoms with Crippen LogP contribution in [0, 0.1) is 6.92 Å². The minimum Gasteiger partial charge on any atom is -0.505 e. The molecule has 0 radical (unpaired) electrons. The Labute approximate surface area is 151 Å². The van der Waals surface area contributed by atoms with Crippen molar-refractivity contribution in [3.05, 3.63) is 59.8 Å². The molecule has 0 spiro atoms. The second-order valence-electron chi connectivity index (χ2n) is 5.14. The molecule has 0 saturated heterocycles. The summed E-state index contributed by atoms with van der Waals surface area (Å²) in [5.41, 5.74) is 2.42. The van der Waals surface area contributed by atoms with Crippen LogP contribution in [0.25, 0.3) is 0 Å². The van der Waals surface area contributed by atoms with Crippen LogP contribution in [0.3, 0.4) is 0 Å². The lowest BCUT2D eigenvalue weighted by Gasteiger charge is -2.04. The number of hydrazone groups is 1. The third kappa shape index (κ3) is 4.94. The van der Waals surface area contributed by atoms with Crippen LogP contribution in [0.15, 0.2) is 26.8 Å². The Kier molecular flexibility index (Phi) is 6.00. The number of carbonyl (C=O) groups is 1. The van der Waals surface area contributed by atoms with Gasteiger partial charge in [0.25, 0.3) is 5.56 Å². The monoisotopic (exact) mass is 384 g/mol. The van der Waals surface area contributed by atoms with E-state index in [1.165, 1.54) is 18.3 Å². The SMILES string of the molecule is Cc1[nH]c(=O)[nH]c(=O)c1CCC(=O)N/N=C/c1cc(Cl)c(O)c(Cl)c1. The fraction of sp³-hybridized carbons (Fsp3) is 0.200. The van der Waals surface area contributed by atoms with Gasteiger partial charge in [0.15, 0.2) is 5.75 Å². The van der Waals surface area contributed by atoms with Gasteiger partial charge in [-0.15, -0.1) is 0 Å². The van der Waals surface area contributed by atoms with E-state index >= 15 is 0 Å². The van der Waals surface area contributed by atoms with Crippen molar-refractivity contribution in [1.82, 2.24) is 15.4 Å². The highest BCUT2D eigenvalue weighted by molar-refractivity contribution is 6.37. The number of H-pyrrole nitrogens is 2. The zero-order chi connectivity index (χ0) is 18.6. The van der Waals surface area contributed by atoms with Gasteiger partial charge in [-0.05, 0) is 31.0 Å². The van der Waals surface area contributed by atoms with Crippen LogP contribution >= 0.6 is 23.2 Å². The summed E-state index contributed by atoms with van der Waals surface area (Å²) in [4.78, 5) is 39.1. The van der Waals surface area contributed by atoms with Crippen molar-refractivity contribution in [3.8, 4) is 5.75 Å². The van der Waals surface area contributed by atoms with Gasteiger partial charge in [-0.1, -0.05) is 23.2 Å². The molecule has 8 nitrogen and oxygen atoms in total. The maximum Gasteiger partial charge on any atom is 0.325 e. The molecule has 10 heteroatoms. The van der Waals surface area contributed by atoms with Gasteiger partial charge in [-0.2, -0.15) is 5.10 Å². The second-order valence-corrected chi connectivity index (χ2v) is 5.95. The molecule has 0 aliphatic heterocycles. The number of benzene rings is 1. The first-order chi connectivity index (χ1) is 11.8. The van der Waals surface area contributed by atoms with Crippen molar-refractivity contribution >= 4 is 35.3 Å². The van der Waals surface area contributed by atoms with E-state index in [1.54, 1.807) is 6.92 Å². The zero-order valence-electron chi connectivity index (χ0n) is 13.0. The maximum atomic E-state index is 11.8. The Hall–Kier alpha value is -2.58. The number of amides is 1. The Morgan fingerprint density at radius 3 is 2.52 bits per heavy atom. The van der Waals surface area contributed by atoms with Crippen LogP contribution in [0.1, 0.15) is 23.2 Å². The van der Waals surface area contributed by atoms with Gasteiger partial charge in [0.05, 0.1) is 16.3 Å². The topological polar surface area (TPSA) is 127 Å². The van der Waals surface area contributed by atoms with Gasteiger partial charge in [0, 0.05) is 17.7 Å². The second kappa shape index (κ2) is 8.00. The van der Waals surface area contributed by atoms with E-state index in [9.17, 15) is 19.5 Å². The number of aromatic amines is 2. The third-order valence-electron chi connectivity index (χ3n) is 3.30. The van der Waals surface area contributed by atoms with Crippen LogP contribution in [0.5, 0.6) is 5.75 Å². The summed E-state index contributed by atoms with van der Waals surface area (Å²) >= 11 is 11.6. The normalized spacial score (nSPS) is 11.0. The first-order valence-corrected chi connectivity index (χ1v) is 7.85. The van der Waals surface area contributed by atoms with E-state index in [4.69, 9.17) is 23.2 Å². The average molecular weight is 385 g/mol. The lowest BCUT2D eigenvalue weighted by atomic mass is 10.1. The summed E-state index contributed by atoms with van der Waals surface area (Å²) in [5.74, 6) is -0.650. The minimum atomic E-state index is -0.591. The number of hydrogen-bond donors (Lipinski definition) is 4. The van der Waals surface area contributed by atoms with Crippen molar-refractivity contribution < 1.29 is 9.90 Å². The zero-order valence-corrected chi connectivity index (χ0v) is 14.5. The minimum absolute atomic E-state index is 0.00436. The largest absolute Gasteiger partial charge is 0.505 e. The summed E-state index contributed by atoms with van der Waals surface area (Å²) in [5, 5.41) is 13.3. The number of rotatable bonds is 5. The van der Waals surface area contributed by atoms with Gasteiger partial charge in [-0.3, -0.25) is 14.6 Å². The summed E-state index contributed by atoms with van der Waals surface area (Å²) in [6.07, 6.45) is 1.47. The summed E-state index contributed by atoms with van der Waals surface area (Å²) in [7, 11) is 0. The smallest absolute Gasteiger partial charge is 0.325 e. The molecule has 1 heterocycles. The van der Waals surface area contributed by atoms with Crippen LogP contribution < -0.4 is 16.7 Å². The number of aromatic hydroxyl groups is 1. The molecule has 0 aliphatic carbocycles. The van der Waals surface area contributed by atoms with Crippen molar-refractivity contribution in [2.24, 2.45) is 5.10 Å². The molecular formula is C15H14Cl2N4O4. The number of aryl methyl sites for hydroxylation is 1. The number of hydrogen-bond acceptors (Lipinski definition) is 5. The molecule has 0 bridgehead atoms. The molecule has 0 unspecified atom stereocenters. The van der Waals surface area contributed by atoms with Crippen molar-refractivity contribution in [2.45, 2.75) is 19.8 Å². The molecule has 1 amide bonds. The molecule has 2 rings (SSSR count). The fourth-order valence-corrected chi connectivity index (χ4v) is 2.56. The van der Waals surface area contributed by atoms with Gasteiger partial charge in [0.2, 0.25) is 5.91 Å². The molecule has 0 atom stereocenters. The lowest BCUT2D eigenvalue weighted by Crippen LogP contribution is -2.28. The first-order valence-electron chi connectivity index (χ1n) is 7.10. The number of phenolic OH excluding ortho intramolecular Hbond substituents is 1. The molecule has 1 aromatic heterocycles. The van der Waals surface area contributed by atoms with E-state index in [1.807, 2.05) is 0 Å². The number of aromatic nitrogens is 2. The number of halogens is 2. The summed E-state index contributed by atoms with van der Waals surface area (Å²) in [6.45, 7) is 1.58. The lowest BCUT2D eigenvalue weighted by molar-refractivity contribution is -0.121. The maximum absolute atomic E-state index is 11.8. The predicted octanol–water partition coefficient (Wildman–Crippen LogP) is 1.47. The van der Waals surface area contributed by atoms with Crippen LogP contribution in [-0.2, 0) is 11.2 Å². The molecule has 4 N–H and O–H groups in total. The van der Waals surface area contributed by atoms with Crippen molar-refractivity contribution in [1.29, 1.82) is 0 Å². The summed E-state index contributed by atoms with van der Waals surface area (Å²) in [6, 6.07) is 2.86. The van der Waals surface area contributed by atoms with E-state index < -0.39 is 17.2 Å². The van der Waals surface area contributed by atoms with Crippen molar-refractivity contribution in [3.63, 3.8) is 0 Å². The Bertz CT molecular complexity index is 926. The molecule has 2 aromatic rings. The molecule has 132 valence electrons. The van der Waals surface area contributed by atoms with Gasteiger partial charge in [-0.25, -0.2) is 10.2 Å². The van der Waals surface area contributed by atoms with E-state index in [0.717, 1.165) is 0 Å². The highest BCUT2D eigenvalue weighted by Crippen LogP contribution is 2.32. The number of phenols is 1. The third-order valence-corrected chi connectivity index (χ3v) is 3.88. The number of carbonyl (C=O) groups excluding carboxylic acids is 1. The van der Waals surface area contributed by atoms with Crippen LogP contribution in [0.2, 0.25) is 10.0 Å².